The number of halogens is 4. The van der Waals surface area contributed by atoms with E-state index in [1.807, 2.05) is 27.1 Å². The van der Waals surface area contributed by atoms with E-state index in [2.05, 4.69) is 21.4 Å². The maximum atomic E-state index is 14.5. The molecule has 0 saturated carbocycles. The third-order valence-corrected chi connectivity index (χ3v) is 6.02. The van der Waals surface area contributed by atoms with Gasteiger partial charge < -0.3 is 15.6 Å². The summed E-state index contributed by atoms with van der Waals surface area (Å²) in [7, 11) is 5.07. The quantitative estimate of drug-likeness (QED) is 0.423. The Bertz CT molecular complexity index is 1380. The minimum absolute atomic E-state index is 0.0635. The molecule has 1 aliphatic heterocycles. The van der Waals surface area contributed by atoms with Gasteiger partial charge in [-0.25, -0.2) is 4.39 Å². The summed E-state index contributed by atoms with van der Waals surface area (Å²) in [4.78, 5) is 14.6. The lowest BCUT2D eigenvalue weighted by molar-refractivity contribution is -0.140. The molecule has 1 amide bonds. The van der Waals surface area contributed by atoms with E-state index in [0.29, 0.717) is 11.8 Å². The maximum Gasteiger partial charge on any atom is 0.419 e. The Hall–Kier alpha value is -3.90. The standard InChI is InChI=1S/C25H27F4N7O/c1-14-6-7-16(9-22(14)36-13-21(32-33-36)19-11-30-35(5)15(19)2)24(37)31-18-8-17(12-34(3)4)23(26)20(10-18)25(27,28)29/h6-11,13,32-33H,12H2,1-5H3,(H,31,37). The average molecular weight is 518 g/mol. The van der Waals surface area contributed by atoms with Gasteiger partial charge in [-0.3, -0.25) is 14.5 Å². The van der Waals surface area contributed by atoms with E-state index >= 15 is 0 Å². The number of alkyl halides is 3. The average Bonchev–Trinajstić information content (AvgIpc) is 3.42. The van der Waals surface area contributed by atoms with Crippen LogP contribution in [0.2, 0.25) is 0 Å². The predicted octanol–water partition coefficient (Wildman–Crippen LogP) is 4.34. The summed E-state index contributed by atoms with van der Waals surface area (Å²) >= 11 is 0. The smallest absolute Gasteiger partial charge is 0.322 e. The van der Waals surface area contributed by atoms with Crippen molar-refractivity contribution in [3.8, 4) is 0 Å². The zero-order valence-corrected chi connectivity index (χ0v) is 21.0. The molecule has 0 atom stereocenters. The summed E-state index contributed by atoms with van der Waals surface area (Å²) in [6.45, 7) is 3.74. The van der Waals surface area contributed by atoms with Crippen LogP contribution in [0.3, 0.4) is 0 Å². The molecular weight excluding hydrogens is 490 g/mol. The molecule has 196 valence electrons. The second-order valence-corrected chi connectivity index (χ2v) is 9.10. The lowest BCUT2D eigenvalue weighted by Crippen LogP contribution is -2.36. The minimum atomic E-state index is -4.91. The number of rotatable bonds is 6. The van der Waals surface area contributed by atoms with E-state index in [1.54, 1.807) is 53.1 Å². The molecule has 1 aliphatic rings. The topological polar surface area (TPSA) is 77.5 Å². The number of nitrogens with one attached hydrogen (secondary N) is 3. The number of anilines is 2. The van der Waals surface area contributed by atoms with Crippen molar-refractivity contribution >= 4 is 23.0 Å². The van der Waals surface area contributed by atoms with E-state index in [1.165, 1.54) is 6.07 Å². The molecular formula is C25H27F4N7O. The minimum Gasteiger partial charge on any atom is -0.322 e. The van der Waals surface area contributed by atoms with Gasteiger partial charge in [-0.15, -0.1) is 5.53 Å². The third kappa shape index (κ3) is 5.44. The van der Waals surface area contributed by atoms with Crippen molar-refractivity contribution in [2.45, 2.75) is 26.6 Å². The first-order valence-corrected chi connectivity index (χ1v) is 11.3. The number of amides is 1. The van der Waals surface area contributed by atoms with Crippen LogP contribution in [0.4, 0.5) is 28.9 Å². The maximum absolute atomic E-state index is 14.5. The number of carbonyl (C=O) groups excluding carboxylic acids is 1. The predicted molar refractivity (Wildman–Crippen MR) is 133 cm³/mol. The fourth-order valence-electron chi connectivity index (χ4n) is 3.98. The SMILES string of the molecule is Cc1ccc(C(=O)Nc2cc(CN(C)C)c(F)c(C(F)(F)F)c2)cc1N1C=C(c2cnn(C)c2C)NN1. The van der Waals surface area contributed by atoms with Crippen LogP contribution in [0.15, 0.2) is 42.7 Å². The second kappa shape index (κ2) is 9.87. The van der Waals surface area contributed by atoms with Crippen molar-refractivity contribution < 1.29 is 22.4 Å². The number of hydrazine groups is 2. The summed E-state index contributed by atoms with van der Waals surface area (Å²) in [5.41, 5.74) is 8.70. The van der Waals surface area contributed by atoms with Gasteiger partial charge >= 0.3 is 6.18 Å². The number of aryl methyl sites for hydroxylation is 2. The second-order valence-electron chi connectivity index (χ2n) is 9.10. The van der Waals surface area contributed by atoms with Crippen LogP contribution >= 0.6 is 0 Å². The molecule has 2 heterocycles. The molecule has 0 unspecified atom stereocenters. The largest absolute Gasteiger partial charge is 0.419 e. The van der Waals surface area contributed by atoms with Crippen molar-refractivity contribution in [2.24, 2.45) is 7.05 Å². The van der Waals surface area contributed by atoms with E-state index in [4.69, 9.17) is 0 Å². The van der Waals surface area contributed by atoms with Gasteiger partial charge in [0.15, 0.2) is 0 Å². The summed E-state index contributed by atoms with van der Waals surface area (Å²) in [6.07, 6.45) is -1.36. The summed E-state index contributed by atoms with van der Waals surface area (Å²) in [6, 6.07) is 6.75. The number of hydrogen-bond acceptors (Lipinski definition) is 6. The fourth-order valence-corrected chi connectivity index (χ4v) is 3.98. The van der Waals surface area contributed by atoms with Crippen LogP contribution < -0.4 is 21.3 Å². The first kappa shape index (κ1) is 26.2. The Morgan fingerprint density at radius 2 is 1.89 bits per heavy atom. The number of benzene rings is 2. The number of nitrogens with zero attached hydrogens (tertiary/aromatic N) is 4. The number of aromatic nitrogens is 2. The fraction of sp³-hybridized carbons (Fsp3) is 0.280. The normalized spacial score (nSPS) is 13.7. The lowest BCUT2D eigenvalue weighted by Gasteiger charge is -2.19. The van der Waals surface area contributed by atoms with Gasteiger partial charge in [-0.1, -0.05) is 6.07 Å². The molecule has 0 saturated heterocycles. The highest BCUT2D eigenvalue weighted by molar-refractivity contribution is 6.05. The number of hydrogen-bond donors (Lipinski definition) is 3. The highest BCUT2D eigenvalue weighted by Crippen LogP contribution is 2.35. The van der Waals surface area contributed by atoms with Gasteiger partial charge in [0, 0.05) is 47.9 Å². The first-order valence-electron chi connectivity index (χ1n) is 11.3. The monoisotopic (exact) mass is 517 g/mol. The highest BCUT2D eigenvalue weighted by Gasteiger charge is 2.36. The third-order valence-electron chi connectivity index (χ3n) is 6.02. The molecule has 0 bridgehead atoms. The van der Waals surface area contributed by atoms with Gasteiger partial charge in [-0.2, -0.15) is 18.3 Å². The Kier molecular flexibility index (Phi) is 6.98. The van der Waals surface area contributed by atoms with Crippen LogP contribution in [0.5, 0.6) is 0 Å². The Morgan fingerprint density at radius 3 is 2.51 bits per heavy atom. The molecule has 0 fully saturated rings. The molecule has 1 aromatic heterocycles. The van der Waals surface area contributed by atoms with Crippen LogP contribution in [0.1, 0.15) is 38.3 Å². The van der Waals surface area contributed by atoms with E-state index in [-0.39, 0.29) is 23.4 Å². The van der Waals surface area contributed by atoms with Crippen LogP contribution in [0.25, 0.3) is 5.70 Å². The van der Waals surface area contributed by atoms with Gasteiger partial charge in [0.25, 0.3) is 5.91 Å². The van der Waals surface area contributed by atoms with Gasteiger partial charge in [0.05, 0.1) is 23.1 Å². The highest BCUT2D eigenvalue weighted by atomic mass is 19.4. The van der Waals surface area contributed by atoms with Crippen LogP contribution in [-0.4, -0.2) is 34.7 Å². The molecule has 4 rings (SSSR count). The summed E-state index contributed by atoms with van der Waals surface area (Å²) in [5.74, 6) is -1.98. The zero-order valence-electron chi connectivity index (χ0n) is 21.0. The van der Waals surface area contributed by atoms with Gasteiger partial charge in [0.1, 0.15) is 5.82 Å². The first-order chi connectivity index (χ1) is 17.3. The van der Waals surface area contributed by atoms with E-state index < -0.39 is 23.5 Å². The number of carbonyl (C=O) groups is 1. The molecule has 0 radical (unpaired) electrons. The Morgan fingerprint density at radius 1 is 1.16 bits per heavy atom. The van der Waals surface area contributed by atoms with Gasteiger partial charge in [0.2, 0.25) is 0 Å². The molecule has 37 heavy (non-hydrogen) atoms. The Labute approximate surface area is 211 Å². The van der Waals surface area contributed by atoms with Crippen LogP contribution in [-0.2, 0) is 19.8 Å². The molecule has 2 aromatic carbocycles. The van der Waals surface area contributed by atoms with Crippen molar-refractivity contribution in [1.82, 2.24) is 25.6 Å². The molecule has 3 N–H and O–H groups in total. The Balaban J connectivity index is 1.62. The van der Waals surface area contributed by atoms with E-state index in [9.17, 15) is 22.4 Å². The van der Waals surface area contributed by atoms with Crippen molar-refractivity contribution in [1.29, 1.82) is 0 Å². The van der Waals surface area contributed by atoms with Crippen LogP contribution in [0, 0.1) is 19.7 Å². The van der Waals surface area contributed by atoms with Gasteiger partial charge in [-0.05, 0) is 57.8 Å². The molecule has 12 heteroatoms. The van der Waals surface area contributed by atoms with Crippen molar-refractivity contribution in [2.75, 3.05) is 24.4 Å². The zero-order chi connectivity index (χ0) is 27.1. The van der Waals surface area contributed by atoms with Crippen molar-refractivity contribution in [3.63, 3.8) is 0 Å². The van der Waals surface area contributed by atoms with Crippen molar-refractivity contribution in [3.05, 3.63) is 82.1 Å². The molecule has 3 aromatic rings. The molecule has 8 nitrogen and oxygen atoms in total. The lowest BCUT2D eigenvalue weighted by atomic mass is 10.1. The summed E-state index contributed by atoms with van der Waals surface area (Å²) in [5, 5.41) is 8.43. The van der Waals surface area contributed by atoms with E-state index in [0.717, 1.165) is 22.5 Å². The molecule has 0 aliphatic carbocycles. The summed E-state index contributed by atoms with van der Waals surface area (Å²) < 4.78 is 56.7. The molecule has 0 spiro atoms.